The molecule has 1 saturated heterocycles. The molecule has 0 spiro atoms. The minimum absolute atomic E-state index is 0.00727. The molecule has 2 aromatic carbocycles. The number of hydrogen-bond acceptors (Lipinski definition) is 11. The number of carboxylic acid groups (broad SMARTS) is 1. The lowest BCUT2D eigenvalue weighted by atomic mass is 10.1. The molecule has 1 aliphatic heterocycles. The number of nitro benzene ring substituents is 1. The summed E-state index contributed by atoms with van der Waals surface area (Å²) in [6.07, 6.45) is 0. The van der Waals surface area contributed by atoms with Crippen LogP contribution in [-0.4, -0.2) is 72.2 Å². The van der Waals surface area contributed by atoms with Gasteiger partial charge in [0.2, 0.25) is 0 Å². The number of nitrogen functional groups attached to an aromatic ring is 1. The minimum atomic E-state index is -4.30. The number of nitrogens with zero attached hydrogens (tertiary/aromatic N) is 5. The van der Waals surface area contributed by atoms with Gasteiger partial charge in [0.25, 0.3) is 5.69 Å². The van der Waals surface area contributed by atoms with Gasteiger partial charge < -0.3 is 19.9 Å². The lowest BCUT2D eigenvalue weighted by Gasteiger charge is -2.35. The third kappa shape index (κ3) is 5.50. The molecule has 0 aliphatic carbocycles. The topological polar surface area (TPSA) is 182 Å². The largest absolute Gasteiger partial charge is 0.480 e. The Labute approximate surface area is 206 Å². The number of aliphatic carboxylic acids is 1. The zero-order valence-electron chi connectivity index (χ0n) is 18.9. The molecule has 1 aromatic heterocycles. The van der Waals surface area contributed by atoms with Crippen LogP contribution in [0.5, 0.6) is 5.75 Å². The average Bonchev–Trinajstić information content (AvgIpc) is 2.85. The van der Waals surface area contributed by atoms with E-state index in [2.05, 4.69) is 10.2 Å². The number of aromatic nitrogens is 2. The van der Waals surface area contributed by atoms with Crippen LogP contribution in [0.3, 0.4) is 0 Å². The Bertz CT molecular complexity index is 1390. The summed E-state index contributed by atoms with van der Waals surface area (Å²) in [6.45, 7) is 2.05. The smallest absolute Gasteiger partial charge is 0.339 e. The van der Waals surface area contributed by atoms with Crippen LogP contribution in [-0.2, 0) is 14.9 Å². The predicted octanol–water partition coefficient (Wildman–Crippen LogP) is 1.61. The van der Waals surface area contributed by atoms with Crippen LogP contribution in [0.1, 0.15) is 0 Å². The molecule has 2 heterocycles. The molecule has 0 bridgehead atoms. The van der Waals surface area contributed by atoms with Gasteiger partial charge in [-0.1, -0.05) is 12.1 Å². The van der Waals surface area contributed by atoms with E-state index >= 15 is 0 Å². The molecule has 0 saturated carbocycles. The number of nitro groups is 1. The van der Waals surface area contributed by atoms with Gasteiger partial charge in [0.1, 0.15) is 4.90 Å². The number of carboxylic acids is 1. The van der Waals surface area contributed by atoms with Gasteiger partial charge in [-0.05, 0) is 30.3 Å². The maximum Gasteiger partial charge on any atom is 0.339 e. The molecule has 1 fully saturated rings. The summed E-state index contributed by atoms with van der Waals surface area (Å²) >= 11 is 0. The van der Waals surface area contributed by atoms with Crippen LogP contribution in [0.2, 0.25) is 0 Å². The standard InChI is InChI=1S/C22H22N6O7S/c23-22-19(27-11-9-26(10-12-27)14-21(29)30)13-18(24-25-22)17-3-1-2-4-20(17)35-36(33,34)16-7-5-15(6-8-16)28(31)32/h1-8,13H,9-12,14H2,(H2,23,25)(H,29,30). The molecule has 0 radical (unpaired) electrons. The second-order valence-electron chi connectivity index (χ2n) is 7.94. The van der Waals surface area contributed by atoms with Crippen molar-refractivity contribution in [3.8, 4) is 17.0 Å². The van der Waals surface area contributed by atoms with E-state index in [1.54, 1.807) is 24.3 Å². The third-order valence-electron chi connectivity index (χ3n) is 5.57. The van der Waals surface area contributed by atoms with E-state index in [0.29, 0.717) is 43.1 Å². The second-order valence-corrected chi connectivity index (χ2v) is 9.49. The van der Waals surface area contributed by atoms with Crippen LogP contribution < -0.4 is 14.8 Å². The van der Waals surface area contributed by atoms with Crippen LogP contribution in [0, 0.1) is 10.1 Å². The number of benzene rings is 2. The first-order valence-corrected chi connectivity index (χ1v) is 12.2. The molecule has 4 rings (SSSR count). The van der Waals surface area contributed by atoms with Gasteiger partial charge in [0.05, 0.1) is 22.8 Å². The molecule has 1 aliphatic rings. The van der Waals surface area contributed by atoms with Crippen molar-refractivity contribution >= 4 is 33.3 Å². The molecule has 0 amide bonds. The molecule has 13 nitrogen and oxygen atoms in total. The Kier molecular flexibility index (Phi) is 6.98. The van der Waals surface area contributed by atoms with Crippen molar-refractivity contribution in [3.63, 3.8) is 0 Å². The molecule has 14 heteroatoms. The predicted molar refractivity (Wildman–Crippen MR) is 129 cm³/mol. The Morgan fingerprint density at radius 1 is 1.08 bits per heavy atom. The monoisotopic (exact) mass is 514 g/mol. The van der Waals surface area contributed by atoms with E-state index in [0.717, 1.165) is 24.3 Å². The average molecular weight is 515 g/mol. The fourth-order valence-electron chi connectivity index (χ4n) is 3.77. The molecular weight excluding hydrogens is 492 g/mol. The molecule has 0 atom stereocenters. The summed E-state index contributed by atoms with van der Waals surface area (Å²) in [5, 5.41) is 28.0. The maximum absolute atomic E-state index is 12.8. The first-order valence-electron chi connectivity index (χ1n) is 10.7. The number of piperazine rings is 1. The van der Waals surface area contributed by atoms with E-state index in [1.807, 2.05) is 9.80 Å². The Balaban J connectivity index is 1.59. The number of hydrogen-bond donors (Lipinski definition) is 2. The Morgan fingerprint density at radius 3 is 2.39 bits per heavy atom. The first-order chi connectivity index (χ1) is 17.1. The van der Waals surface area contributed by atoms with Gasteiger partial charge in [-0.3, -0.25) is 19.8 Å². The highest BCUT2D eigenvalue weighted by Gasteiger charge is 2.24. The Hall–Kier alpha value is -4.30. The van der Waals surface area contributed by atoms with Gasteiger partial charge in [0.15, 0.2) is 11.6 Å². The SMILES string of the molecule is Nc1nnc(-c2ccccc2OS(=O)(=O)c2ccc([N+](=O)[O-])cc2)cc1N1CCN(CC(=O)O)CC1. The number of anilines is 2. The van der Waals surface area contributed by atoms with Crippen LogP contribution >= 0.6 is 0 Å². The second kappa shape index (κ2) is 10.1. The van der Waals surface area contributed by atoms with Gasteiger partial charge >= 0.3 is 16.1 Å². The van der Waals surface area contributed by atoms with E-state index in [4.69, 9.17) is 15.0 Å². The van der Waals surface area contributed by atoms with Gasteiger partial charge in [0, 0.05) is 43.9 Å². The first kappa shape index (κ1) is 24.8. The molecule has 188 valence electrons. The lowest BCUT2D eigenvalue weighted by Crippen LogP contribution is -2.48. The normalized spacial score (nSPS) is 14.4. The van der Waals surface area contributed by atoms with Crippen LogP contribution in [0.4, 0.5) is 17.2 Å². The third-order valence-corrected chi connectivity index (χ3v) is 6.82. The van der Waals surface area contributed by atoms with Gasteiger partial charge in [-0.15, -0.1) is 10.2 Å². The summed E-state index contributed by atoms with van der Waals surface area (Å²) in [5.41, 5.74) is 7.07. The summed E-state index contributed by atoms with van der Waals surface area (Å²) < 4.78 is 31.0. The fraction of sp³-hybridized carbons (Fsp3) is 0.227. The van der Waals surface area contributed by atoms with Crippen molar-refractivity contribution in [2.75, 3.05) is 43.4 Å². The number of para-hydroxylation sites is 1. The molecule has 3 N–H and O–H groups in total. The minimum Gasteiger partial charge on any atom is -0.480 e. The number of nitrogens with two attached hydrogens (primary N) is 1. The fourth-order valence-corrected chi connectivity index (χ4v) is 4.71. The summed E-state index contributed by atoms with van der Waals surface area (Å²) in [5.74, 6) is -0.717. The lowest BCUT2D eigenvalue weighted by molar-refractivity contribution is -0.384. The Morgan fingerprint density at radius 2 is 1.75 bits per heavy atom. The van der Waals surface area contributed by atoms with Gasteiger partial charge in [-0.2, -0.15) is 8.42 Å². The van der Waals surface area contributed by atoms with Crippen molar-refractivity contribution in [2.24, 2.45) is 0 Å². The summed E-state index contributed by atoms with van der Waals surface area (Å²) in [6, 6.07) is 12.4. The zero-order chi connectivity index (χ0) is 25.9. The summed E-state index contributed by atoms with van der Waals surface area (Å²) in [4.78, 5) is 24.7. The van der Waals surface area contributed by atoms with Crippen molar-refractivity contribution < 1.29 is 27.4 Å². The van der Waals surface area contributed by atoms with E-state index in [1.165, 1.54) is 6.07 Å². The highest BCUT2D eigenvalue weighted by Crippen LogP contribution is 2.34. The molecule has 3 aromatic rings. The van der Waals surface area contributed by atoms with Crippen LogP contribution in [0.15, 0.2) is 59.5 Å². The maximum atomic E-state index is 12.8. The molecule has 0 unspecified atom stereocenters. The van der Waals surface area contributed by atoms with Crippen molar-refractivity contribution in [3.05, 3.63) is 64.7 Å². The van der Waals surface area contributed by atoms with Crippen molar-refractivity contribution in [1.82, 2.24) is 15.1 Å². The van der Waals surface area contributed by atoms with Crippen LogP contribution in [0.25, 0.3) is 11.3 Å². The highest BCUT2D eigenvalue weighted by molar-refractivity contribution is 7.87. The van der Waals surface area contributed by atoms with Crippen molar-refractivity contribution in [2.45, 2.75) is 4.90 Å². The number of non-ortho nitro benzene ring substituents is 1. The zero-order valence-corrected chi connectivity index (χ0v) is 19.7. The molecule has 36 heavy (non-hydrogen) atoms. The van der Waals surface area contributed by atoms with E-state index in [-0.39, 0.29) is 28.7 Å². The van der Waals surface area contributed by atoms with Crippen molar-refractivity contribution in [1.29, 1.82) is 0 Å². The van der Waals surface area contributed by atoms with E-state index < -0.39 is 21.0 Å². The highest BCUT2D eigenvalue weighted by atomic mass is 32.2. The quantitative estimate of drug-likeness (QED) is 0.252. The van der Waals surface area contributed by atoms with E-state index in [9.17, 15) is 23.3 Å². The molecular formula is C22H22N6O7S. The van der Waals surface area contributed by atoms with Gasteiger partial charge in [-0.25, -0.2) is 0 Å². The number of carbonyl (C=O) groups is 1. The summed E-state index contributed by atoms with van der Waals surface area (Å²) in [7, 11) is -4.30. The number of rotatable bonds is 8.